The average molecular weight is 826 g/mol. The molecule has 0 aliphatic heterocycles. The maximum Gasteiger partial charge on any atom is 0.220 e. The highest BCUT2D eigenvalue weighted by atomic mass is 16.5. The number of carbonyl (C=O) groups excluding carboxylic acids is 6. The van der Waals surface area contributed by atoms with Crippen LogP contribution in [0.2, 0.25) is 0 Å². The molecule has 0 aliphatic rings. The summed E-state index contributed by atoms with van der Waals surface area (Å²) in [6.45, 7) is 29.4. The van der Waals surface area contributed by atoms with E-state index in [1.807, 2.05) is 41.5 Å². The van der Waals surface area contributed by atoms with Gasteiger partial charge in [0.25, 0.3) is 0 Å². The predicted octanol–water partition coefficient (Wildman–Crippen LogP) is 9.23. The van der Waals surface area contributed by atoms with Crippen molar-refractivity contribution < 1.29 is 38.2 Å². The van der Waals surface area contributed by atoms with Crippen LogP contribution < -0.4 is 16.0 Å². The van der Waals surface area contributed by atoms with Gasteiger partial charge < -0.3 is 25.4 Å². The molecule has 0 radical (unpaired) electrons. The highest BCUT2D eigenvalue weighted by Crippen LogP contribution is 2.09. The van der Waals surface area contributed by atoms with Crippen molar-refractivity contribution in [2.45, 2.75) is 186 Å². The van der Waals surface area contributed by atoms with Crippen molar-refractivity contribution in [1.82, 2.24) is 16.0 Å². The van der Waals surface area contributed by atoms with Gasteiger partial charge in [0.15, 0.2) is 0 Å². The molecule has 0 atom stereocenters. The predicted molar refractivity (Wildman–Crippen MR) is 239 cm³/mol. The van der Waals surface area contributed by atoms with Gasteiger partial charge in [-0.25, -0.2) is 0 Å². The summed E-state index contributed by atoms with van der Waals surface area (Å²) in [4.78, 5) is 68.5. The van der Waals surface area contributed by atoms with Crippen LogP contribution in [0.4, 0.5) is 0 Å². The third kappa shape index (κ3) is 47.7. The van der Waals surface area contributed by atoms with Crippen LogP contribution in [0.3, 0.4) is 0 Å². The lowest BCUT2D eigenvalue weighted by Crippen LogP contribution is -2.26. The molecular formula is C47H91N3O8. The molecule has 0 heterocycles. The summed E-state index contributed by atoms with van der Waals surface area (Å²) >= 11 is 0. The SMILES string of the molecule is CC(C)CCCCCCNC(=O)CCC(=O)C(C)C.CC(C)CCCOCCCNC(=O)CCC(=O)C(C)C.CC(C)CCOCCCNC(=O)CCC(=O)C(C)C. The second-order valence-corrected chi connectivity index (χ2v) is 17.7. The molecule has 0 rings (SSSR count). The van der Waals surface area contributed by atoms with Crippen molar-refractivity contribution in [3.8, 4) is 0 Å². The first kappa shape index (κ1) is 59.7. The van der Waals surface area contributed by atoms with E-state index in [4.69, 9.17) is 9.47 Å². The van der Waals surface area contributed by atoms with E-state index in [9.17, 15) is 28.8 Å². The van der Waals surface area contributed by atoms with Gasteiger partial charge in [-0.05, 0) is 56.3 Å². The minimum Gasteiger partial charge on any atom is -0.381 e. The van der Waals surface area contributed by atoms with Crippen LogP contribution in [0.5, 0.6) is 0 Å². The Morgan fingerprint density at radius 3 is 1.02 bits per heavy atom. The summed E-state index contributed by atoms with van der Waals surface area (Å²) in [5.74, 6) is 2.64. The molecule has 11 heteroatoms. The maximum absolute atomic E-state index is 11.5. The van der Waals surface area contributed by atoms with E-state index in [0.717, 1.165) is 63.7 Å². The Kier molecular flexibility index (Phi) is 42.3. The minimum atomic E-state index is -0.0452. The monoisotopic (exact) mass is 826 g/mol. The van der Waals surface area contributed by atoms with Gasteiger partial charge in [0, 0.05) is 102 Å². The molecule has 3 N–H and O–H groups in total. The Bertz CT molecular complexity index is 1000. The second kappa shape index (κ2) is 41.1. The van der Waals surface area contributed by atoms with E-state index in [1.165, 1.54) is 32.1 Å². The third-order valence-electron chi connectivity index (χ3n) is 9.24. The van der Waals surface area contributed by atoms with Crippen LogP contribution in [-0.4, -0.2) is 81.1 Å². The Hall–Kier alpha value is -2.66. The van der Waals surface area contributed by atoms with E-state index in [0.29, 0.717) is 70.7 Å². The van der Waals surface area contributed by atoms with Crippen molar-refractivity contribution in [3.63, 3.8) is 0 Å². The summed E-state index contributed by atoms with van der Waals surface area (Å²) in [5, 5.41) is 8.51. The van der Waals surface area contributed by atoms with Gasteiger partial charge >= 0.3 is 0 Å². The Balaban J connectivity index is -0.000000783. The molecule has 0 fully saturated rings. The van der Waals surface area contributed by atoms with Crippen LogP contribution in [0, 0.1) is 35.5 Å². The van der Waals surface area contributed by atoms with Gasteiger partial charge in [0.1, 0.15) is 17.3 Å². The minimum absolute atomic E-state index is 0.0104. The van der Waals surface area contributed by atoms with Crippen LogP contribution in [-0.2, 0) is 38.2 Å². The number of amides is 3. The largest absolute Gasteiger partial charge is 0.381 e. The first-order valence-electron chi connectivity index (χ1n) is 22.8. The fourth-order valence-corrected chi connectivity index (χ4v) is 5.02. The number of ether oxygens (including phenoxy) is 2. The summed E-state index contributed by atoms with van der Waals surface area (Å²) < 4.78 is 10.9. The number of hydrogen-bond donors (Lipinski definition) is 3. The van der Waals surface area contributed by atoms with Gasteiger partial charge in [0.2, 0.25) is 17.7 Å². The lowest BCUT2D eigenvalue weighted by atomic mass is 10.0. The first-order valence-corrected chi connectivity index (χ1v) is 22.8. The van der Waals surface area contributed by atoms with Crippen LogP contribution in [0.1, 0.15) is 186 Å². The van der Waals surface area contributed by atoms with E-state index in [1.54, 1.807) is 0 Å². The summed E-state index contributed by atoms with van der Waals surface area (Å²) in [6, 6.07) is 0. The second-order valence-electron chi connectivity index (χ2n) is 17.7. The normalized spacial score (nSPS) is 11.1. The summed E-state index contributed by atoms with van der Waals surface area (Å²) in [7, 11) is 0. The molecule has 3 amide bonds. The summed E-state index contributed by atoms with van der Waals surface area (Å²) in [5.41, 5.74) is 0. The fraction of sp³-hybridized carbons (Fsp3) is 0.872. The molecule has 0 bridgehead atoms. The number of unbranched alkanes of at least 4 members (excludes halogenated alkanes) is 3. The Morgan fingerprint density at radius 1 is 0.345 bits per heavy atom. The molecule has 0 saturated heterocycles. The van der Waals surface area contributed by atoms with Crippen LogP contribution >= 0.6 is 0 Å². The zero-order valence-corrected chi connectivity index (χ0v) is 39.5. The highest BCUT2D eigenvalue weighted by Gasteiger charge is 2.12. The van der Waals surface area contributed by atoms with Gasteiger partial charge in [0.05, 0.1) is 0 Å². The lowest BCUT2D eigenvalue weighted by molar-refractivity contribution is -0.126. The molecular weight excluding hydrogens is 735 g/mol. The number of rotatable bonds is 34. The van der Waals surface area contributed by atoms with Crippen LogP contribution in [0.15, 0.2) is 0 Å². The standard InChI is InChI=1S/C16H31NO3.C16H31NO2.C15H29NO3/c1-13(2)7-5-11-20-12-6-10-17-16(19)9-8-15(18)14(3)4;1-13(2)9-7-5-6-8-12-17-16(19)11-10-15(18)14(3)4;1-12(2)8-11-19-10-5-9-16-15(18)7-6-14(17)13(3)4/h13-14H,5-12H2,1-4H3,(H,17,19);13-14H,5-12H2,1-4H3,(H,17,19);12-13H,5-11H2,1-4H3,(H,16,18). The quantitative estimate of drug-likeness (QED) is 0.0543. The highest BCUT2D eigenvalue weighted by molar-refractivity contribution is 5.87. The number of carbonyl (C=O) groups is 6. The maximum atomic E-state index is 11.5. The molecule has 0 aromatic carbocycles. The number of hydrogen-bond acceptors (Lipinski definition) is 8. The number of ketones is 3. The molecule has 0 aromatic rings. The van der Waals surface area contributed by atoms with Crippen molar-refractivity contribution in [2.24, 2.45) is 35.5 Å². The zero-order chi connectivity index (χ0) is 44.7. The van der Waals surface area contributed by atoms with Crippen molar-refractivity contribution >= 4 is 35.1 Å². The topological polar surface area (TPSA) is 157 Å². The molecule has 342 valence electrons. The van der Waals surface area contributed by atoms with E-state index in [-0.39, 0.29) is 52.8 Å². The van der Waals surface area contributed by atoms with Crippen molar-refractivity contribution in [3.05, 3.63) is 0 Å². The van der Waals surface area contributed by atoms with Gasteiger partial charge in [-0.1, -0.05) is 109 Å². The lowest BCUT2D eigenvalue weighted by Gasteiger charge is -2.08. The molecule has 0 aliphatic carbocycles. The van der Waals surface area contributed by atoms with Crippen molar-refractivity contribution in [2.75, 3.05) is 46.1 Å². The van der Waals surface area contributed by atoms with E-state index < -0.39 is 0 Å². The molecule has 11 nitrogen and oxygen atoms in total. The fourth-order valence-electron chi connectivity index (χ4n) is 5.02. The summed E-state index contributed by atoms with van der Waals surface area (Å²) in [6.07, 6.45) is 13.1. The third-order valence-corrected chi connectivity index (χ3v) is 9.24. The Morgan fingerprint density at radius 2 is 0.655 bits per heavy atom. The molecule has 0 saturated carbocycles. The van der Waals surface area contributed by atoms with E-state index >= 15 is 0 Å². The van der Waals surface area contributed by atoms with E-state index in [2.05, 4.69) is 57.5 Å². The molecule has 0 unspecified atom stereocenters. The first-order chi connectivity index (χ1) is 27.3. The van der Waals surface area contributed by atoms with Gasteiger partial charge in [-0.3, -0.25) is 28.8 Å². The smallest absolute Gasteiger partial charge is 0.220 e. The molecule has 58 heavy (non-hydrogen) atoms. The van der Waals surface area contributed by atoms with Gasteiger partial charge in [-0.2, -0.15) is 0 Å². The Labute approximate surface area is 355 Å². The molecule has 0 spiro atoms. The average Bonchev–Trinajstić information content (AvgIpc) is 3.15. The van der Waals surface area contributed by atoms with Crippen LogP contribution in [0.25, 0.3) is 0 Å². The number of Topliss-reactive ketones (excluding diaryl/α,β-unsaturated/α-hetero) is 3. The van der Waals surface area contributed by atoms with Crippen molar-refractivity contribution in [1.29, 1.82) is 0 Å². The number of nitrogens with one attached hydrogen (secondary N) is 3. The van der Waals surface area contributed by atoms with Gasteiger partial charge in [-0.15, -0.1) is 0 Å². The zero-order valence-electron chi connectivity index (χ0n) is 39.5. The molecule has 0 aromatic heterocycles.